The average molecular weight is 307 g/mol. The van der Waals surface area contributed by atoms with Crippen LogP contribution in [-0.4, -0.2) is 0 Å². The minimum absolute atomic E-state index is 0.303. The van der Waals surface area contributed by atoms with E-state index in [4.69, 9.17) is 4.42 Å². The molecule has 0 bridgehead atoms. The number of aryl methyl sites for hydroxylation is 3. The maximum absolute atomic E-state index is 11.8. The van der Waals surface area contributed by atoms with E-state index >= 15 is 0 Å². The number of hydrogen-bond donors (Lipinski definition) is 1. The molecule has 3 heteroatoms. The van der Waals surface area contributed by atoms with E-state index in [0.717, 1.165) is 23.1 Å². The van der Waals surface area contributed by atoms with Crippen LogP contribution in [0.15, 0.2) is 51.7 Å². The number of benzene rings is 2. The van der Waals surface area contributed by atoms with Crippen molar-refractivity contribution >= 4 is 16.7 Å². The summed E-state index contributed by atoms with van der Waals surface area (Å²) in [5, 5.41) is 4.41. The molecule has 1 aromatic heterocycles. The highest BCUT2D eigenvalue weighted by Gasteiger charge is 2.07. The molecule has 1 N–H and O–H groups in total. The third-order valence-corrected chi connectivity index (χ3v) is 4.15. The Hall–Kier alpha value is -2.55. The molecule has 0 saturated carbocycles. The lowest BCUT2D eigenvalue weighted by Crippen LogP contribution is -2.06. The Labute approximate surface area is 136 Å². The van der Waals surface area contributed by atoms with Gasteiger partial charge in [0, 0.05) is 23.7 Å². The first-order chi connectivity index (χ1) is 11.1. The summed E-state index contributed by atoms with van der Waals surface area (Å²) in [5.41, 5.74) is 6.01. The van der Waals surface area contributed by atoms with Gasteiger partial charge in [0.2, 0.25) is 0 Å². The number of nitrogens with one attached hydrogen (secondary N) is 1. The SMILES string of the molecule is CCc1ccc2c(CNc3ccc(C)cc3C)cc(=O)oc2c1. The Kier molecular flexibility index (Phi) is 4.20. The molecule has 23 heavy (non-hydrogen) atoms. The molecule has 0 spiro atoms. The zero-order valence-electron chi connectivity index (χ0n) is 13.8. The molecule has 118 valence electrons. The van der Waals surface area contributed by atoms with E-state index in [-0.39, 0.29) is 5.63 Å². The van der Waals surface area contributed by atoms with Crippen molar-refractivity contribution in [1.82, 2.24) is 0 Å². The molecule has 0 saturated heterocycles. The van der Waals surface area contributed by atoms with Crippen molar-refractivity contribution in [2.24, 2.45) is 0 Å². The van der Waals surface area contributed by atoms with Gasteiger partial charge in [0.05, 0.1) is 0 Å². The van der Waals surface area contributed by atoms with Crippen LogP contribution in [0.1, 0.15) is 29.2 Å². The van der Waals surface area contributed by atoms with Gasteiger partial charge < -0.3 is 9.73 Å². The molecular formula is C20H21NO2. The fourth-order valence-corrected chi connectivity index (χ4v) is 2.84. The Morgan fingerprint density at radius 3 is 2.61 bits per heavy atom. The monoisotopic (exact) mass is 307 g/mol. The number of fused-ring (bicyclic) bond motifs is 1. The summed E-state index contributed by atoms with van der Waals surface area (Å²) in [6, 6.07) is 14.0. The molecule has 2 aromatic carbocycles. The summed E-state index contributed by atoms with van der Waals surface area (Å²) in [4.78, 5) is 11.8. The van der Waals surface area contributed by atoms with E-state index in [1.165, 1.54) is 16.7 Å². The lowest BCUT2D eigenvalue weighted by molar-refractivity contribution is 0.559. The largest absolute Gasteiger partial charge is 0.423 e. The molecule has 3 aromatic rings. The van der Waals surface area contributed by atoms with Gasteiger partial charge >= 0.3 is 5.63 Å². The van der Waals surface area contributed by atoms with Gasteiger partial charge in [-0.15, -0.1) is 0 Å². The second kappa shape index (κ2) is 6.29. The Bertz CT molecular complexity index is 909. The summed E-state index contributed by atoms with van der Waals surface area (Å²) in [6.07, 6.45) is 0.921. The first-order valence-electron chi connectivity index (χ1n) is 7.93. The van der Waals surface area contributed by atoms with Crippen molar-refractivity contribution in [1.29, 1.82) is 0 Å². The van der Waals surface area contributed by atoms with Crippen LogP contribution in [0, 0.1) is 13.8 Å². The zero-order chi connectivity index (χ0) is 16.4. The van der Waals surface area contributed by atoms with Crippen molar-refractivity contribution in [3.8, 4) is 0 Å². The van der Waals surface area contributed by atoms with Gasteiger partial charge in [0.25, 0.3) is 0 Å². The Balaban J connectivity index is 1.94. The fraction of sp³-hybridized carbons (Fsp3) is 0.250. The van der Waals surface area contributed by atoms with Crippen molar-refractivity contribution in [2.45, 2.75) is 33.7 Å². The van der Waals surface area contributed by atoms with Crippen LogP contribution in [0.25, 0.3) is 11.0 Å². The number of rotatable bonds is 4. The molecular weight excluding hydrogens is 286 g/mol. The molecule has 0 aliphatic rings. The molecule has 3 rings (SSSR count). The molecule has 1 heterocycles. The van der Waals surface area contributed by atoms with Gasteiger partial charge in [-0.2, -0.15) is 0 Å². The Morgan fingerprint density at radius 2 is 1.87 bits per heavy atom. The summed E-state index contributed by atoms with van der Waals surface area (Å²) < 4.78 is 5.35. The zero-order valence-corrected chi connectivity index (χ0v) is 13.8. The highest BCUT2D eigenvalue weighted by atomic mass is 16.4. The predicted molar refractivity (Wildman–Crippen MR) is 95.1 cm³/mol. The van der Waals surface area contributed by atoms with Crippen molar-refractivity contribution in [3.05, 3.63) is 75.1 Å². The maximum atomic E-state index is 11.8. The molecule has 0 radical (unpaired) electrons. The minimum atomic E-state index is -0.303. The third-order valence-electron chi connectivity index (χ3n) is 4.15. The topological polar surface area (TPSA) is 42.2 Å². The normalized spacial score (nSPS) is 10.9. The molecule has 0 aliphatic heterocycles. The summed E-state index contributed by atoms with van der Waals surface area (Å²) in [5.74, 6) is 0. The van der Waals surface area contributed by atoms with E-state index in [1.54, 1.807) is 6.07 Å². The molecule has 0 atom stereocenters. The maximum Gasteiger partial charge on any atom is 0.336 e. The second-order valence-corrected chi connectivity index (χ2v) is 5.95. The lowest BCUT2D eigenvalue weighted by Gasteiger charge is -2.12. The van der Waals surface area contributed by atoms with Crippen molar-refractivity contribution in [2.75, 3.05) is 5.32 Å². The Morgan fingerprint density at radius 1 is 1.04 bits per heavy atom. The number of hydrogen-bond acceptors (Lipinski definition) is 3. The van der Waals surface area contributed by atoms with Crippen molar-refractivity contribution < 1.29 is 4.42 Å². The molecule has 0 unspecified atom stereocenters. The van der Waals surface area contributed by atoms with E-state index < -0.39 is 0 Å². The highest BCUT2D eigenvalue weighted by molar-refractivity contribution is 5.81. The van der Waals surface area contributed by atoms with Crippen LogP contribution in [-0.2, 0) is 13.0 Å². The van der Waals surface area contributed by atoms with Gasteiger partial charge in [-0.25, -0.2) is 4.79 Å². The minimum Gasteiger partial charge on any atom is -0.423 e. The summed E-state index contributed by atoms with van der Waals surface area (Å²) >= 11 is 0. The quantitative estimate of drug-likeness (QED) is 0.717. The van der Waals surface area contributed by atoms with Crippen LogP contribution in [0.3, 0.4) is 0 Å². The van der Waals surface area contributed by atoms with E-state index in [1.807, 2.05) is 12.1 Å². The van der Waals surface area contributed by atoms with Crippen LogP contribution in [0.2, 0.25) is 0 Å². The highest BCUT2D eigenvalue weighted by Crippen LogP contribution is 2.22. The van der Waals surface area contributed by atoms with E-state index in [9.17, 15) is 4.79 Å². The predicted octanol–water partition coefficient (Wildman–Crippen LogP) is 4.58. The standard InChI is InChI=1S/C20H21NO2/c1-4-15-6-7-17-16(11-20(22)23-19(17)10-15)12-21-18-8-5-13(2)9-14(18)3/h5-11,21H,4,12H2,1-3H3. The lowest BCUT2D eigenvalue weighted by atomic mass is 10.1. The molecule has 3 nitrogen and oxygen atoms in total. The van der Waals surface area contributed by atoms with Crippen LogP contribution in [0.4, 0.5) is 5.69 Å². The van der Waals surface area contributed by atoms with Gasteiger partial charge in [-0.3, -0.25) is 0 Å². The van der Waals surface area contributed by atoms with Gasteiger partial charge in [-0.1, -0.05) is 36.8 Å². The van der Waals surface area contributed by atoms with Crippen LogP contribution >= 0.6 is 0 Å². The third kappa shape index (κ3) is 3.29. The molecule has 0 fully saturated rings. The first-order valence-corrected chi connectivity index (χ1v) is 7.93. The van der Waals surface area contributed by atoms with Gasteiger partial charge in [0.1, 0.15) is 5.58 Å². The van der Waals surface area contributed by atoms with E-state index in [0.29, 0.717) is 12.1 Å². The fourth-order valence-electron chi connectivity index (χ4n) is 2.84. The van der Waals surface area contributed by atoms with Gasteiger partial charge in [-0.05, 0) is 49.1 Å². The molecule has 0 amide bonds. The van der Waals surface area contributed by atoms with Crippen LogP contribution in [0.5, 0.6) is 0 Å². The second-order valence-electron chi connectivity index (χ2n) is 5.95. The number of anilines is 1. The van der Waals surface area contributed by atoms with Crippen molar-refractivity contribution in [3.63, 3.8) is 0 Å². The molecule has 0 aliphatic carbocycles. The van der Waals surface area contributed by atoms with Gasteiger partial charge in [0.15, 0.2) is 0 Å². The smallest absolute Gasteiger partial charge is 0.336 e. The average Bonchev–Trinajstić information content (AvgIpc) is 2.53. The van der Waals surface area contributed by atoms with E-state index in [2.05, 4.69) is 50.4 Å². The summed E-state index contributed by atoms with van der Waals surface area (Å²) in [7, 11) is 0. The summed E-state index contributed by atoms with van der Waals surface area (Å²) in [6.45, 7) is 6.85. The first kappa shape index (κ1) is 15.3. The van der Waals surface area contributed by atoms with Crippen LogP contribution < -0.4 is 10.9 Å².